The summed E-state index contributed by atoms with van der Waals surface area (Å²) in [4.78, 5) is 24.5. The molecule has 0 saturated carbocycles. The van der Waals surface area contributed by atoms with Crippen LogP contribution in [0.25, 0.3) is 0 Å². The Morgan fingerprint density at radius 1 is 1.16 bits per heavy atom. The number of amides is 2. The van der Waals surface area contributed by atoms with E-state index in [9.17, 15) is 9.59 Å². The number of anilines is 1. The van der Waals surface area contributed by atoms with Crippen molar-refractivity contribution in [1.82, 2.24) is 10.7 Å². The van der Waals surface area contributed by atoms with Crippen LogP contribution in [-0.2, 0) is 9.53 Å². The van der Waals surface area contributed by atoms with E-state index in [1.54, 1.807) is 39.0 Å². The van der Waals surface area contributed by atoms with Gasteiger partial charge in [-0.3, -0.25) is 15.6 Å². The number of rotatable bonds is 6. The van der Waals surface area contributed by atoms with Crippen LogP contribution in [-0.4, -0.2) is 23.6 Å². The van der Waals surface area contributed by atoms with Gasteiger partial charge in [-0.2, -0.15) is 0 Å². The molecule has 0 aromatic heterocycles. The van der Waals surface area contributed by atoms with E-state index in [4.69, 9.17) is 27.9 Å². The fourth-order valence-electron chi connectivity index (χ4n) is 1.97. The van der Waals surface area contributed by atoms with Gasteiger partial charge in [0.05, 0.1) is 5.69 Å². The Kier molecular flexibility index (Phi) is 7.83. The summed E-state index contributed by atoms with van der Waals surface area (Å²) in [6.07, 6.45) is 0.0652. The fraction of sp³-hybridized carbons (Fsp3) is 0.529. The quantitative estimate of drug-likeness (QED) is 0.630. The molecule has 0 aliphatic rings. The van der Waals surface area contributed by atoms with Crippen molar-refractivity contribution in [3.8, 4) is 0 Å². The third-order valence-electron chi connectivity index (χ3n) is 3.36. The minimum Gasteiger partial charge on any atom is -0.444 e. The summed E-state index contributed by atoms with van der Waals surface area (Å²) in [7, 11) is 0. The van der Waals surface area contributed by atoms with Crippen LogP contribution in [0.3, 0.4) is 0 Å². The molecule has 1 rings (SSSR count). The molecule has 1 aromatic rings. The molecular formula is C17H25Cl2N3O3. The number of carbonyl (C=O) groups is 2. The zero-order valence-electron chi connectivity index (χ0n) is 15.1. The Morgan fingerprint density at radius 2 is 1.72 bits per heavy atom. The molecule has 0 radical (unpaired) electrons. The van der Waals surface area contributed by atoms with Gasteiger partial charge < -0.3 is 10.1 Å². The van der Waals surface area contributed by atoms with Crippen LogP contribution in [0.4, 0.5) is 10.5 Å². The maximum Gasteiger partial charge on any atom is 0.408 e. The highest BCUT2D eigenvalue weighted by Crippen LogP contribution is 2.22. The molecule has 0 saturated heterocycles. The van der Waals surface area contributed by atoms with Crippen LogP contribution >= 0.6 is 23.2 Å². The minimum absolute atomic E-state index is 0.0859. The first kappa shape index (κ1) is 21.4. The van der Waals surface area contributed by atoms with Gasteiger partial charge in [-0.15, -0.1) is 0 Å². The van der Waals surface area contributed by atoms with Crippen LogP contribution < -0.4 is 16.2 Å². The summed E-state index contributed by atoms with van der Waals surface area (Å²) in [5, 5.41) is 3.50. The van der Waals surface area contributed by atoms with Crippen LogP contribution in [0, 0.1) is 5.92 Å². The lowest BCUT2D eigenvalue weighted by atomic mass is 9.99. The van der Waals surface area contributed by atoms with E-state index in [0.29, 0.717) is 22.2 Å². The summed E-state index contributed by atoms with van der Waals surface area (Å²) in [6.45, 7) is 9.09. The van der Waals surface area contributed by atoms with Crippen LogP contribution in [0.15, 0.2) is 18.2 Å². The number of halogens is 2. The third-order valence-corrected chi connectivity index (χ3v) is 3.80. The first-order chi connectivity index (χ1) is 11.5. The number of carbonyl (C=O) groups excluding carboxylic acids is 2. The Labute approximate surface area is 158 Å². The molecule has 6 nitrogen and oxygen atoms in total. The maximum absolute atomic E-state index is 12.5. The average molecular weight is 390 g/mol. The van der Waals surface area contributed by atoms with Gasteiger partial charge in [0.2, 0.25) is 0 Å². The molecule has 2 amide bonds. The number of ether oxygens (including phenoxy) is 1. The zero-order chi connectivity index (χ0) is 19.2. The summed E-state index contributed by atoms with van der Waals surface area (Å²) in [6, 6.07) is 4.07. The third kappa shape index (κ3) is 7.84. The fourth-order valence-corrected chi connectivity index (χ4v) is 2.50. The van der Waals surface area contributed by atoms with Gasteiger partial charge >= 0.3 is 6.09 Å². The molecule has 1 aromatic carbocycles. The first-order valence-corrected chi connectivity index (χ1v) is 8.79. The van der Waals surface area contributed by atoms with Gasteiger partial charge in [0.15, 0.2) is 0 Å². The van der Waals surface area contributed by atoms with Crippen molar-refractivity contribution in [3.05, 3.63) is 28.2 Å². The van der Waals surface area contributed by atoms with Crippen LogP contribution in [0.2, 0.25) is 10.0 Å². The lowest BCUT2D eigenvalue weighted by molar-refractivity contribution is -0.123. The molecule has 25 heavy (non-hydrogen) atoms. The van der Waals surface area contributed by atoms with Crippen molar-refractivity contribution in [3.63, 3.8) is 0 Å². The second-order valence-electron chi connectivity index (χ2n) is 6.78. The minimum atomic E-state index is -0.748. The van der Waals surface area contributed by atoms with E-state index in [1.807, 2.05) is 13.8 Å². The molecule has 2 atom stereocenters. The molecule has 0 heterocycles. The second-order valence-corrected chi connectivity index (χ2v) is 7.65. The van der Waals surface area contributed by atoms with Crippen molar-refractivity contribution < 1.29 is 14.3 Å². The second kappa shape index (κ2) is 9.15. The Bertz CT molecular complexity index is 597. The Hall–Kier alpha value is -1.66. The normalized spacial score (nSPS) is 13.6. The number of hydrogen-bond acceptors (Lipinski definition) is 4. The molecule has 3 N–H and O–H groups in total. The number of benzene rings is 1. The van der Waals surface area contributed by atoms with Gasteiger partial charge in [0, 0.05) is 10.0 Å². The van der Waals surface area contributed by atoms with Crippen molar-refractivity contribution >= 4 is 40.9 Å². The van der Waals surface area contributed by atoms with Crippen LogP contribution in [0.5, 0.6) is 0 Å². The van der Waals surface area contributed by atoms with Crippen LogP contribution in [0.1, 0.15) is 41.0 Å². The maximum atomic E-state index is 12.5. The molecule has 0 aliphatic carbocycles. The molecular weight excluding hydrogens is 365 g/mol. The molecule has 0 spiro atoms. The average Bonchev–Trinajstić information content (AvgIpc) is 2.46. The molecule has 8 heteroatoms. The van der Waals surface area contributed by atoms with E-state index in [2.05, 4.69) is 16.2 Å². The van der Waals surface area contributed by atoms with E-state index in [-0.39, 0.29) is 5.92 Å². The molecule has 0 fully saturated rings. The van der Waals surface area contributed by atoms with Gasteiger partial charge in [-0.25, -0.2) is 4.79 Å². The van der Waals surface area contributed by atoms with Crippen molar-refractivity contribution in [2.45, 2.75) is 52.7 Å². The smallest absolute Gasteiger partial charge is 0.408 e. The Morgan fingerprint density at radius 3 is 2.20 bits per heavy atom. The van der Waals surface area contributed by atoms with Crippen molar-refractivity contribution in [2.75, 3.05) is 5.43 Å². The van der Waals surface area contributed by atoms with E-state index < -0.39 is 23.6 Å². The largest absolute Gasteiger partial charge is 0.444 e. The highest BCUT2D eigenvalue weighted by Gasteiger charge is 2.28. The van der Waals surface area contributed by atoms with Gasteiger partial charge in [0.25, 0.3) is 5.91 Å². The van der Waals surface area contributed by atoms with Gasteiger partial charge in [-0.05, 0) is 44.9 Å². The number of hydrogen-bond donors (Lipinski definition) is 3. The molecule has 140 valence electrons. The van der Waals surface area contributed by atoms with E-state index in [0.717, 1.165) is 0 Å². The number of nitrogens with one attached hydrogen (secondary N) is 3. The monoisotopic (exact) mass is 389 g/mol. The molecule has 0 bridgehead atoms. The van der Waals surface area contributed by atoms with Gasteiger partial charge in [0.1, 0.15) is 11.6 Å². The summed E-state index contributed by atoms with van der Waals surface area (Å²) in [5.74, 6) is -0.478. The number of alkyl carbamates (subject to hydrolysis) is 1. The molecule has 0 aliphatic heterocycles. The summed E-state index contributed by atoms with van der Waals surface area (Å²) >= 11 is 11.8. The molecule has 2 unspecified atom stereocenters. The Balaban J connectivity index is 2.74. The van der Waals surface area contributed by atoms with Crippen molar-refractivity contribution in [2.24, 2.45) is 5.92 Å². The van der Waals surface area contributed by atoms with E-state index in [1.165, 1.54) is 0 Å². The predicted octanol–water partition coefficient (Wildman–Crippen LogP) is 4.38. The standard InChI is InChI=1S/C17H25Cl2N3O3/c1-6-10(2)14(20-16(24)25-17(3,4)5)15(23)22-21-13-8-11(18)7-12(19)9-13/h7-10,14,21H,6H2,1-5H3,(H,20,24)(H,22,23). The zero-order valence-corrected chi connectivity index (χ0v) is 16.6. The first-order valence-electron chi connectivity index (χ1n) is 8.03. The lowest BCUT2D eigenvalue weighted by Crippen LogP contribution is -2.52. The topological polar surface area (TPSA) is 79.5 Å². The number of hydrazine groups is 1. The predicted molar refractivity (Wildman–Crippen MR) is 101 cm³/mol. The van der Waals surface area contributed by atoms with E-state index >= 15 is 0 Å². The SMILES string of the molecule is CCC(C)C(NC(=O)OC(C)(C)C)C(=O)NNc1cc(Cl)cc(Cl)c1. The highest BCUT2D eigenvalue weighted by atomic mass is 35.5. The summed E-state index contributed by atoms with van der Waals surface area (Å²) < 4.78 is 5.22. The lowest BCUT2D eigenvalue weighted by Gasteiger charge is -2.26. The van der Waals surface area contributed by atoms with Gasteiger partial charge in [-0.1, -0.05) is 43.5 Å². The van der Waals surface area contributed by atoms with Crippen molar-refractivity contribution in [1.29, 1.82) is 0 Å². The summed E-state index contributed by atoms with van der Waals surface area (Å²) in [5.41, 5.74) is 5.20. The highest BCUT2D eigenvalue weighted by molar-refractivity contribution is 6.35.